The number of aliphatic carboxylic acids is 1. The number of nitrogens with one attached hydrogen (secondary N) is 1. The van der Waals surface area contributed by atoms with Crippen molar-refractivity contribution in [2.24, 2.45) is 0 Å². The monoisotopic (exact) mass is 242 g/mol. The zero-order valence-corrected chi connectivity index (χ0v) is 11.1. The van der Waals surface area contributed by atoms with Crippen LogP contribution in [0.5, 0.6) is 0 Å². The molecule has 1 aliphatic carbocycles. The Bertz CT molecular complexity index is 229. The molecule has 4 nitrogen and oxygen atoms in total. The largest absolute Gasteiger partial charge is 0.480 e. The van der Waals surface area contributed by atoms with E-state index in [0.29, 0.717) is 12.5 Å². The van der Waals surface area contributed by atoms with Gasteiger partial charge in [0.15, 0.2) is 0 Å². The summed E-state index contributed by atoms with van der Waals surface area (Å²) in [6, 6.07) is 0.0972. The van der Waals surface area contributed by atoms with Crippen LogP contribution in [0.4, 0.5) is 0 Å². The van der Waals surface area contributed by atoms with E-state index in [9.17, 15) is 4.79 Å². The molecule has 1 saturated carbocycles. The van der Waals surface area contributed by atoms with Crippen LogP contribution >= 0.6 is 0 Å². The number of hydrogen-bond acceptors (Lipinski definition) is 3. The van der Waals surface area contributed by atoms with E-state index < -0.39 is 5.97 Å². The van der Waals surface area contributed by atoms with Gasteiger partial charge in [0.05, 0.1) is 0 Å². The van der Waals surface area contributed by atoms with Gasteiger partial charge in [0, 0.05) is 12.6 Å². The minimum absolute atomic E-state index is 0.363. The highest BCUT2D eigenvalue weighted by Gasteiger charge is 2.28. The van der Waals surface area contributed by atoms with Gasteiger partial charge in [0.2, 0.25) is 0 Å². The fourth-order valence-electron chi connectivity index (χ4n) is 1.93. The summed E-state index contributed by atoms with van der Waals surface area (Å²) >= 11 is 0. The number of rotatable bonds is 10. The first kappa shape index (κ1) is 14.5. The van der Waals surface area contributed by atoms with Gasteiger partial charge in [-0.2, -0.15) is 0 Å². The standard InChI is InChI=1S/C13H26N2O2/c1-3-5-9-15(4-2)10-8-12(13(16)17)14-11-6-7-11/h11-12,14H,3-10H2,1-2H3,(H,16,17). The first-order chi connectivity index (χ1) is 8.17. The Morgan fingerprint density at radius 2 is 2.12 bits per heavy atom. The van der Waals surface area contributed by atoms with Crippen LogP contribution in [0.25, 0.3) is 0 Å². The van der Waals surface area contributed by atoms with Crippen LogP contribution in [0.1, 0.15) is 46.0 Å². The summed E-state index contributed by atoms with van der Waals surface area (Å²) in [6.45, 7) is 7.30. The van der Waals surface area contributed by atoms with Gasteiger partial charge in [-0.15, -0.1) is 0 Å². The van der Waals surface area contributed by atoms with Gasteiger partial charge < -0.3 is 15.3 Å². The number of carboxylic acids is 1. The van der Waals surface area contributed by atoms with E-state index in [1.807, 2.05) is 0 Å². The molecule has 0 aromatic rings. The topological polar surface area (TPSA) is 52.6 Å². The molecule has 0 aliphatic heterocycles. The zero-order chi connectivity index (χ0) is 12.7. The smallest absolute Gasteiger partial charge is 0.320 e. The highest BCUT2D eigenvalue weighted by atomic mass is 16.4. The highest BCUT2D eigenvalue weighted by molar-refractivity contribution is 5.73. The second-order valence-corrected chi connectivity index (χ2v) is 4.91. The molecule has 0 aromatic carbocycles. The summed E-state index contributed by atoms with van der Waals surface area (Å²) in [5.41, 5.74) is 0. The Morgan fingerprint density at radius 1 is 1.41 bits per heavy atom. The van der Waals surface area contributed by atoms with E-state index in [2.05, 4.69) is 24.1 Å². The molecule has 0 heterocycles. The van der Waals surface area contributed by atoms with Crippen molar-refractivity contribution >= 4 is 5.97 Å². The summed E-state index contributed by atoms with van der Waals surface area (Å²) in [4.78, 5) is 13.4. The van der Waals surface area contributed by atoms with Crippen LogP contribution in [0.15, 0.2) is 0 Å². The van der Waals surface area contributed by atoms with Crippen molar-refractivity contribution in [2.45, 2.75) is 58.0 Å². The number of nitrogens with zero attached hydrogens (tertiary/aromatic N) is 1. The molecule has 0 bridgehead atoms. The molecule has 17 heavy (non-hydrogen) atoms. The fraction of sp³-hybridized carbons (Fsp3) is 0.923. The molecule has 0 spiro atoms. The van der Waals surface area contributed by atoms with Crippen LogP contribution in [0.3, 0.4) is 0 Å². The minimum Gasteiger partial charge on any atom is -0.480 e. The van der Waals surface area contributed by atoms with E-state index >= 15 is 0 Å². The summed E-state index contributed by atoms with van der Waals surface area (Å²) in [5.74, 6) is -0.705. The lowest BCUT2D eigenvalue weighted by Crippen LogP contribution is -2.41. The van der Waals surface area contributed by atoms with Crippen molar-refractivity contribution in [3.63, 3.8) is 0 Å². The van der Waals surface area contributed by atoms with Crippen molar-refractivity contribution in [1.82, 2.24) is 10.2 Å². The van der Waals surface area contributed by atoms with Gasteiger partial charge in [-0.25, -0.2) is 0 Å². The molecule has 1 atom stereocenters. The number of carboxylic acid groups (broad SMARTS) is 1. The molecule has 0 aromatic heterocycles. The lowest BCUT2D eigenvalue weighted by atomic mass is 10.2. The van der Waals surface area contributed by atoms with Crippen molar-refractivity contribution < 1.29 is 9.90 Å². The van der Waals surface area contributed by atoms with Crippen molar-refractivity contribution in [1.29, 1.82) is 0 Å². The molecule has 1 unspecified atom stereocenters. The molecular formula is C13H26N2O2. The first-order valence-corrected chi connectivity index (χ1v) is 6.88. The predicted molar refractivity (Wildman–Crippen MR) is 69.2 cm³/mol. The Labute approximate surface area is 104 Å². The molecule has 1 fully saturated rings. The first-order valence-electron chi connectivity index (χ1n) is 6.88. The van der Waals surface area contributed by atoms with Crippen molar-refractivity contribution in [3.8, 4) is 0 Å². The molecule has 100 valence electrons. The molecular weight excluding hydrogens is 216 g/mol. The van der Waals surface area contributed by atoms with E-state index in [-0.39, 0.29) is 6.04 Å². The Kier molecular flexibility index (Phi) is 6.52. The lowest BCUT2D eigenvalue weighted by molar-refractivity contribution is -0.139. The third kappa shape index (κ3) is 6.03. The van der Waals surface area contributed by atoms with Crippen LogP contribution in [0, 0.1) is 0 Å². The SMILES string of the molecule is CCCCN(CC)CCC(NC1CC1)C(=O)O. The average molecular weight is 242 g/mol. The van der Waals surface area contributed by atoms with E-state index in [4.69, 9.17) is 5.11 Å². The fourth-order valence-corrected chi connectivity index (χ4v) is 1.93. The quantitative estimate of drug-likeness (QED) is 0.612. The summed E-state index contributed by atoms with van der Waals surface area (Å²) < 4.78 is 0. The molecule has 0 radical (unpaired) electrons. The normalized spacial score (nSPS) is 17.4. The van der Waals surface area contributed by atoms with Crippen LogP contribution in [-0.2, 0) is 4.79 Å². The summed E-state index contributed by atoms with van der Waals surface area (Å²) in [7, 11) is 0. The molecule has 0 saturated heterocycles. The Morgan fingerprint density at radius 3 is 2.59 bits per heavy atom. The van der Waals surface area contributed by atoms with Gasteiger partial charge in [0.1, 0.15) is 6.04 Å². The van der Waals surface area contributed by atoms with Gasteiger partial charge in [-0.1, -0.05) is 20.3 Å². The van der Waals surface area contributed by atoms with Crippen LogP contribution < -0.4 is 5.32 Å². The number of unbranched alkanes of at least 4 members (excludes halogenated alkanes) is 1. The Hall–Kier alpha value is -0.610. The zero-order valence-electron chi connectivity index (χ0n) is 11.1. The molecule has 0 amide bonds. The van der Waals surface area contributed by atoms with Crippen molar-refractivity contribution in [3.05, 3.63) is 0 Å². The maximum Gasteiger partial charge on any atom is 0.320 e. The van der Waals surface area contributed by atoms with Crippen LogP contribution in [0.2, 0.25) is 0 Å². The Balaban J connectivity index is 2.25. The average Bonchev–Trinajstić information content (AvgIpc) is 3.11. The molecule has 2 N–H and O–H groups in total. The second-order valence-electron chi connectivity index (χ2n) is 4.91. The number of carbonyl (C=O) groups is 1. The molecule has 4 heteroatoms. The predicted octanol–water partition coefficient (Wildman–Crippen LogP) is 1.70. The summed E-state index contributed by atoms with van der Waals surface area (Å²) in [6.07, 6.45) is 5.37. The van der Waals surface area contributed by atoms with Gasteiger partial charge in [-0.05, 0) is 38.8 Å². The second kappa shape index (κ2) is 7.67. The molecule has 1 aliphatic rings. The van der Waals surface area contributed by atoms with Gasteiger partial charge in [-0.3, -0.25) is 4.79 Å². The molecule has 1 rings (SSSR count). The van der Waals surface area contributed by atoms with E-state index in [0.717, 1.165) is 32.5 Å². The summed E-state index contributed by atoms with van der Waals surface area (Å²) in [5, 5.41) is 12.3. The third-order valence-electron chi connectivity index (χ3n) is 3.32. The lowest BCUT2D eigenvalue weighted by Gasteiger charge is -2.22. The maximum absolute atomic E-state index is 11.1. The van der Waals surface area contributed by atoms with E-state index in [1.165, 1.54) is 12.8 Å². The third-order valence-corrected chi connectivity index (χ3v) is 3.32. The van der Waals surface area contributed by atoms with Crippen molar-refractivity contribution in [2.75, 3.05) is 19.6 Å². The minimum atomic E-state index is -0.705. The van der Waals surface area contributed by atoms with Gasteiger partial charge >= 0.3 is 5.97 Å². The highest BCUT2D eigenvalue weighted by Crippen LogP contribution is 2.20. The van der Waals surface area contributed by atoms with Crippen LogP contribution in [-0.4, -0.2) is 47.7 Å². The van der Waals surface area contributed by atoms with Gasteiger partial charge in [0.25, 0.3) is 0 Å². The number of hydrogen-bond donors (Lipinski definition) is 2. The maximum atomic E-state index is 11.1. The van der Waals surface area contributed by atoms with E-state index in [1.54, 1.807) is 0 Å².